The number of carbonyl (C=O) groups excluding carboxylic acids is 1. The maximum Gasteiger partial charge on any atom is 0.354 e. The third kappa shape index (κ3) is 5.26. The molecule has 2 aromatic carbocycles. The van der Waals surface area contributed by atoms with Crippen molar-refractivity contribution in [3.63, 3.8) is 0 Å². The third-order valence-electron chi connectivity index (χ3n) is 4.19. The molecule has 0 aliphatic heterocycles. The van der Waals surface area contributed by atoms with E-state index >= 15 is 0 Å². The Morgan fingerprint density at radius 3 is 2.29 bits per heavy atom. The van der Waals surface area contributed by atoms with Gasteiger partial charge in [0.15, 0.2) is 0 Å². The molecule has 1 amide bonds. The van der Waals surface area contributed by atoms with E-state index in [1.165, 1.54) is 24.3 Å². The SMILES string of the molecule is O=C(NNc1ncnc(NCCc2ccccc2)c1[N+](=O)[O-])c1ccccc1[N+](=O)[O-]. The van der Waals surface area contributed by atoms with Crippen LogP contribution in [0.5, 0.6) is 0 Å². The number of benzene rings is 2. The predicted molar refractivity (Wildman–Crippen MR) is 112 cm³/mol. The lowest BCUT2D eigenvalue weighted by Crippen LogP contribution is -2.31. The van der Waals surface area contributed by atoms with Crippen LogP contribution in [-0.4, -0.2) is 32.3 Å². The summed E-state index contributed by atoms with van der Waals surface area (Å²) in [6.07, 6.45) is 1.70. The summed E-state index contributed by atoms with van der Waals surface area (Å²) in [6.45, 7) is 0.379. The Morgan fingerprint density at radius 2 is 1.58 bits per heavy atom. The van der Waals surface area contributed by atoms with Crippen LogP contribution in [0.4, 0.5) is 23.0 Å². The fraction of sp³-hybridized carbons (Fsp3) is 0.105. The quantitative estimate of drug-likeness (QED) is 0.346. The minimum atomic E-state index is -0.848. The van der Waals surface area contributed by atoms with Crippen molar-refractivity contribution < 1.29 is 14.6 Å². The van der Waals surface area contributed by atoms with E-state index in [0.29, 0.717) is 13.0 Å². The largest absolute Gasteiger partial charge is 0.364 e. The molecule has 3 aromatic rings. The first-order valence-electron chi connectivity index (χ1n) is 9.04. The molecule has 0 fully saturated rings. The van der Waals surface area contributed by atoms with Crippen molar-refractivity contribution in [2.24, 2.45) is 0 Å². The predicted octanol–water partition coefficient (Wildman–Crippen LogP) is 2.70. The molecule has 0 bridgehead atoms. The normalized spacial score (nSPS) is 10.2. The van der Waals surface area contributed by atoms with Gasteiger partial charge in [-0.2, -0.15) is 0 Å². The van der Waals surface area contributed by atoms with Crippen LogP contribution in [0.2, 0.25) is 0 Å². The van der Waals surface area contributed by atoms with Crippen molar-refractivity contribution in [2.75, 3.05) is 17.3 Å². The number of nitro groups is 2. The molecule has 3 N–H and O–H groups in total. The highest BCUT2D eigenvalue weighted by atomic mass is 16.6. The Morgan fingerprint density at radius 1 is 0.903 bits per heavy atom. The van der Waals surface area contributed by atoms with E-state index in [9.17, 15) is 25.0 Å². The minimum absolute atomic E-state index is 0.0293. The Balaban J connectivity index is 1.73. The number of rotatable bonds is 9. The standard InChI is InChI=1S/C19H17N7O5/c27-19(14-8-4-5-9-15(14)25(28)29)24-23-18-16(26(30)31)17(21-12-22-18)20-11-10-13-6-2-1-3-7-13/h1-9,12H,10-11H2,(H,24,27)(H2,20,21,22,23). The number of carbonyl (C=O) groups is 1. The second-order valence-electron chi connectivity index (χ2n) is 6.19. The van der Waals surface area contributed by atoms with Crippen LogP contribution in [0.15, 0.2) is 60.9 Å². The second kappa shape index (κ2) is 9.73. The zero-order valence-electron chi connectivity index (χ0n) is 16.0. The molecule has 0 saturated carbocycles. The first-order valence-corrected chi connectivity index (χ1v) is 9.04. The number of nitrogens with zero attached hydrogens (tertiary/aromatic N) is 4. The monoisotopic (exact) mass is 423 g/mol. The van der Waals surface area contributed by atoms with Gasteiger partial charge in [-0.3, -0.25) is 35.9 Å². The lowest BCUT2D eigenvalue weighted by atomic mass is 10.1. The maximum absolute atomic E-state index is 12.3. The molecule has 3 rings (SSSR count). The Kier molecular flexibility index (Phi) is 6.63. The third-order valence-corrected chi connectivity index (χ3v) is 4.19. The fourth-order valence-electron chi connectivity index (χ4n) is 2.75. The Hall–Kier alpha value is -4.61. The number of hydrogen-bond acceptors (Lipinski definition) is 9. The van der Waals surface area contributed by atoms with Crippen molar-refractivity contribution in [1.82, 2.24) is 15.4 Å². The van der Waals surface area contributed by atoms with Gasteiger partial charge in [0.2, 0.25) is 11.6 Å². The molecule has 0 aliphatic rings. The minimum Gasteiger partial charge on any atom is -0.364 e. The van der Waals surface area contributed by atoms with Crippen molar-refractivity contribution in [3.8, 4) is 0 Å². The van der Waals surface area contributed by atoms with Gasteiger partial charge in [0.05, 0.1) is 9.85 Å². The average molecular weight is 423 g/mol. The van der Waals surface area contributed by atoms with E-state index in [1.54, 1.807) is 0 Å². The van der Waals surface area contributed by atoms with Crippen LogP contribution in [0, 0.1) is 20.2 Å². The molecule has 1 aromatic heterocycles. The molecule has 158 valence electrons. The van der Waals surface area contributed by atoms with Crippen LogP contribution in [0.25, 0.3) is 0 Å². The molecule has 12 heteroatoms. The fourth-order valence-corrected chi connectivity index (χ4v) is 2.75. The molecule has 0 atom stereocenters. The van der Waals surface area contributed by atoms with Crippen molar-refractivity contribution in [1.29, 1.82) is 0 Å². The topological polar surface area (TPSA) is 165 Å². The van der Waals surface area contributed by atoms with Crippen molar-refractivity contribution in [3.05, 3.63) is 92.3 Å². The van der Waals surface area contributed by atoms with Gasteiger partial charge in [-0.25, -0.2) is 9.97 Å². The molecule has 0 aliphatic carbocycles. The zero-order valence-corrected chi connectivity index (χ0v) is 16.0. The summed E-state index contributed by atoms with van der Waals surface area (Å²) in [5, 5.41) is 25.5. The number of aromatic nitrogens is 2. The van der Waals surface area contributed by atoms with Crippen LogP contribution < -0.4 is 16.2 Å². The first-order chi connectivity index (χ1) is 15.0. The highest BCUT2D eigenvalue weighted by molar-refractivity contribution is 5.98. The molecule has 12 nitrogen and oxygen atoms in total. The Labute approximate surface area is 175 Å². The van der Waals surface area contributed by atoms with Gasteiger partial charge in [0, 0.05) is 12.6 Å². The maximum atomic E-state index is 12.3. The number of amides is 1. The van der Waals surface area contributed by atoms with Crippen LogP contribution in [-0.2, 0) is 6.42 Å². The average Bonchev–Trinajstić information content (AvgIpc) is 2.78. The molecular formula is C19H17N7O5. The van der Waals surface area contributed by atoms with Gasteiger partial charge in [-0.05, 0) is 18.1 Å². The molecule has 31 heavy (non-hydrogen) atoms. The van der Waals surface area contributed by atoms with Gasteiger partial charge in [-0.15, -0.1) is 0 Å². The Bertz CT molecular complexity index is 1110. The molecule has 0 unspecified atom stereocenters. The van der Waals surface area contributed by atoms with Gasteiger partial charge >= 0.3 is 5.69 Å². The number of nitrogens with one attached hydrogen (secondary N) is 3. The van der Waals surface area contributed by atoms with Crippen LogP contribution in [0.3, 0.4) is 0 Å². The van der Waals surface area contributed by atoms with E-state index in [4.69, 9.17) is 0 Å². The summed E-state index contributed by atoms with van der Waals surface area (Å²) in [5.74, 6) is -1.15. The summed E-state index contributed by atoms with van der Waals surface area (Å²) < 4.78 is 0. The molecular weight excluding hydrogens is 406 g/mol. The van der Waals surface area contributed by atoms with E-state index in [-0.39, 0.29) is 17.2 Å². The summed E-state index contributed by atoms with van der Waals surface area (Å²) in [6, 6.07) is 14.9. The number of para-hydroxylation sites is 1. The molecule has 0 saturated heterocycles. The number of hydrazine groups is 1. The van der Waals surface area contributed by atoms with Crippen LogP contribution in [0.1, 0.15) is 15.9 Å². The van der Waals surface area contributed by atoms with Crippen molar-refractivity contribution in [2.45, 2.75) is 6.42 Å². The molecule has 0 radical (unpaired) electrons. The second-order valence-corrected chi connectivity index (χ2v) is 6.19. The van der Waals surface area contributed by atoms with Crippen LogP contribution >= 0.6 is 0 Å². The van der Waals surface area contributed by atoms with E-state index in [0.717, 1.165) is 11.9 Å². The summed E-state index contributed by atoms with van der Waals surface area (Å²) >= 11 is 0. The highest BCUT2D eigenvalue weighted by Gasteiger charge is 2.24. The van der Waals surface area contributed by atoms with E-state index in [1.807, 2.05) is 30.3 Å². The summed E-state index contributed by atoms with van der Waals surface area (Å²) in [7, 11) is 0. The number of hydrogen-bond donors (Lipinski definition) is 3. The number of anilines is 2. The summed E-state index contributed by atoms with van der Waals surface area (Å²) in [5.41, 5.74) is 4.51. The smallest absolute Gasteiger partial charge is 0.354 e. The highest BCUT2D eigenvalue weighted by Crippen LogP contribution is 2.28. The molecule has 0 spiro atoms. The lowest BCUT2D eigenvalue weighted by Gasteiger charge is -2.11. The van der Waals surface area contributed by atoms with E-state index in [2.05, 4.69) is 26.1 Å². The summed E-state index contributed by atoms with van der Waals surface area (Å²) in [4.78, 5) is 41.3. The van der Waals surface area contributed by atoms with E-state index < -0.39 is 27.1 Å². The van der Waals surface area contributed by atoms with Crippen molar-refractivity contribution >= 4 is 28.9 Å². The number of nitro benzene ring substituents is 1. The zero-order chi connectivity index (χ0) is 22.2. The van der Waals surface area contributed by atoms with Gasteiger partial charge in [0.1, 0.15) is 11.9 Å². The van der Waals surface area contributed by atoms with Gasteiger partial charge in [-0.1, -0.05) is 42.5 Å². The van der Waals surface area contributed by atoms with Gasteiger partial charge < -0.3 is 5.32 Å². The van der Waals surface area contributed by atoms with Gasteiger partial charge in [0.25, 0.3) is 11.6 Å². The lowest BCUT2D eigenvalue weighted by molar-refractivity contribution is -0.385. The molecule has 1 heterocycles. The first kappa shape index (κ1) is 21.1.